The molecule has 0 saturated heterocycles. The van der Waals surface area contributed by atoms with Gasteiger partial charge in [-0.3, -0.25) is 19.9 Å². The number of nitrogens with one attached hydrogen (secondary N) is 1. The lowest BCUT2D eigenvalue weighted by atomic mass is 10.1. The minimum atomic E-state index is -0.583. The minimum absolute atomic E-state index is 0.0540. The topological polar surface area (TPSA) is 85.1 Å². The fraction of sp³-hybridized carbons (Fsp3) is 0.0769. The number of carbonyl (C=O) groups excluding carboxylic acids is 1. The van der Waals surface area contributed by atoms with E-state index < -0.39 is 10.8 Å². The van der Waals surface area contributed by atoms with Crippen LogP contribution in [0.3, 0.4) is 0 Å². The largest absolute Gasteiger partial charge is 0.322 e. The zero-order chi connectivity index (χ0) is 15.6. The minimum Gasteiger partial charge on any atom is -0.322 e. The van der Waals surface area contributed by atoms with E-state index in [4.69, 9.17) is 23.2 Å². The van der Waals surface area contributed by atoms with Crippen molar-refractivity contribution >= 4 is 40.5 Å². The third-order valence-electron chi connectivity index (χ3n) is 2.76. The van der Waals surface area contributed by atoms with E-state index in [9.17, 15) is 14.9 Å². The second-order valence-electron chi connectivity index (χ2n) is 4.19. The number of halogens is 2. The molecule has 1 aromatic carbocycles. The summed E-state index contributed by atoms with van der Waals surface area (Å²) in [6.07, 6.45) is 2.79. The van der Waals surface area contributed by atoms with Gasteiger partial charge in [0.15, 0.2) is 0 Å². The molecule has 0 atom stereocenters. The first-order chi connectivity index (χ1) is 9.90. The lowest BCUT2D eigenvalue weighted by Crippen LogP contribution is -2.13. The number of nitro groups is 1. The number of pyridine rings is 1. The number of hydrogen-bond acceptors (Lipinski definition) is 4. The highest BCUT2D eigenvalue weighted by molar-refractivity contribution is 6.34. The average Bonchev–Trinajstić information content (AvgIpc) is 2.42. The molecule has 0 radical (unpaired) electrons. The van der Waals surface area contributed by atoms with Crippen LogP contribution in [0.4, 0.5) is 11.4 Å². The van der Waals surface area contributed by atoms with Gasteiger partial charge in [0.05, 0.1) is 15.5 Å². The van der Waals surface area contributed by atoms with Crippen LogP contribution in [0.1, 0.15) is 15.9 Å². The number of anilines is 1. The molecule has 1 heterocycles. The Balaban J connectivity index is 2.32. The molecule has 1 aromatic heterocycles. The number of hydrogen-bond donors (Lipinski definition) is 1. The van der Waals surface area contributed by atoms with Crippen molar-refractivity contribution in [2.75, 3.05) is 5.32 Å². The summed E-state index contributed by atoms with van der Waals surface area (Å²) >= 11 is 11.7. The van der Waals surface area contributed by atoms with Gasteiger partial charge in [-0.1, -0.05) is 23.2 Å². The summed E-state index contributed by atoms with van der Waals surface area (Å²) in [6.45, 7) is 1.63. The highest BCUT2D eigenvalue weighted by Crippen LogP contribution is 2.31. The van der Waals surface area contributed by atoms with Gasteiger partial charge in [-0.2, -0.15) is 0 Å². The molecule has 0 spiro atoms. The van der Waals surface area contributed by atoms with E-state index in [0.717, 1.165) is 0 Å². The first kappa shape index (κ1) is 15.2. The Morgan fingerprint density at radius 1 is 1.33 bits per heavy atom. The van der Waals surface area contributed by atoms with E-state index in [-0.39, 0.29) is 21.3 Å². The molecule has 1 amide bonds. The fourth-order valence-corrected chi connectivity index (χ4v) is 2.13. The van der Waals surface area contributed by atoms with Crippen LogP contribution in [0.15, 0.2) is 30.6 Å². The monoisotopic (exact) mass is 325 g/mol. The van der Waals surface area contributed by atoms with Crippen molar-refractivity contribution in [3.63, 3.8) is 0 Å². The van der Waals surface area contributed by atoms with E-state index in [1.807, 2.05) is 0 Å². The van der Waals surface area contributed by atoms with Crippen LogP contribution in [-0.4, -0.2) is 15.8 Å². The Morgan fingerprint density at radius 3 is 2.67 bits per heavy atom. The van der Waals surface area contributed by atoms with Gasteiger partial charge >= 0.3 is 0 Å². The number of nitrogens with zero attached hydrogens (tertiary/aromatic N) is 2. The maximum absolute atomic E-state index is 12.1. The molecule has 0 fully saturated rings. The van der Waals surface area contributed by atoms with Gasteiger partial charge in [0.25, 0.3) is 11.6 Å². The zero-order valence-electron chi connectivity index (χ0n) is 10.8. The van der Waals surface area contributed by atoms with Crippen molar-refractivity contribution in [3.05, 3.63) is 61.9 Å². The Morgan fingerprint density at radius 2 is 2.05 bits per heavy atom. The summed E-state index contributed by atoms with van der Waals surface area (Å²) in [5.74, 6) is -0.449. The van der Waals surface area contributed by atoms with Gasteiger partial charge in [0, 0.05) is 24.1 Å². The molecule has 2 aromatic rings. The molecule has 108 valence electrons. The molecule has 6 nitrogen and oxygen atoms in total. The standard InChI is InChI=1S/C13H9Cl2N3O3/c1-7-4-12(18(20)21)9(14)5-11(7)17-13(19)8-2-3-16-6-10(8)15/h2-6H,1H3,(H,17,19). The number of aryl methyl sites for hydroxylation is 1. The van der Waals surface area contributed by atoms with Gasteiger partial charge in [-0.05, 0) is 24.6 Å². The number of aromatic nitrogens is 1. The van der Waals surface area contributed by atoms with Gasteiger partial charge in [-0.25, -0.2) is 0 Å². The molecule has 2 rings (SSSR count). The lowest BCUT2D eigenvalue weighted by Gasteiger charge is -2.10. The summed E-state index contributed by atoms with van der Waals surface area (Å²) in [5, 5.41) is 13.6. The van der Waals surface area contributed by atoms with E-state index >= 15 is 0 Å². The highest BCUT2D eigenvalue weighted by Gasteiger charge is 2.17. The number of nitro benzene ring substituents is 1. The second-order valence-corrected chi connectivity index (χ2v) is 5.00. The Labute approximate surface area is 129 Å². The van der Waals surface area contributed by atoms with Crippen LogP contribution >= 0.6 is 23.2 Å². The van der Waals surface area contributed by atoms with Crippen molar-refractivity contribution < 1.29 is 9.72 Å². The van der Waals surface area contributed by atoms with Crippen LogP contribution in [0.5, 0.6) is 0 Å². The van der Waals surface area contributed by atoms with E-state index in [0.29, 0.717) is 11.3 Å². The number of rotatable bonds is 3. The second kappa shape index (κ2) is 6.07. The van der Waals surface area contributed by atoms with Crippen LogP contribution < -0.4 is 5.32 Å². The number of benzene rings is 1. The summed E-state index contributed by atoms with van der Waals surface area (Å²) in [4.78, 5) is 26.1. The predicted octanol–water partition coefficient (Wildman–Crippen LogP) is 3.86. The molecule has 0 aliphatic heterocycles. The first-order valence-electron chi connectivity index (χ1n) is 5.75. The quantitative estimate of drug-likeness (QED) is 0.685. The van der Waals surface area contributed by atoms with E-state index in [1.165, 1.54) is 30.6 Å². The highest BCUT2D eigenvalue weighted by atomic mass is 35.5. The summed E-state index contributed by atoms with van der Waals surface area (Å²) < 4.78 is 0. The molecule has 0 aliphatic rings. The summed E-state index contributed by atoms with van der Waals surface area (Å²) in [7, 11) is 0. The van der Waals surface area contributed by atoms with Gasteiger partial charge < -0.3 is 5.32 Å². The summed E-state index contributed by atoms with van der Waals surface area (Å²) in [5.41, 5.74) is 0.933. The van der Waals surface area contributed by atoms with Gasteiger partial charge in [-0.15, -0.1) is 0 Å². The van der Waals surface area contributed by atoms with E-state index in [1.54, 1.807) is 6.92 Å². The van der Waals surface area contributed by atoms with Gasteiger partial charge in [0.2, 0.25) is 0 Å². The first-order valence-corrected chi connectivity index (χ1v) is 6.51. The van der Waals surface area contributed by atoms with Crippen LogP contribution in [0, 0.1) is 17.0 Å². The van der Waals surface area contributed by atoms with Crippen molar-refractivity contribution in [1.82, 2.24) is 4.98 Å². The molecule has 21 heavy (non-hydrogen) atoms. The van der Waals surface area contributed by atoms with E-state index in [2.05, 4.69) is 10.3 Å². The van der Waals surface area contributed by atoms with Crippen molar-refractivity contribution in [2.45, 2.75) is 6.92 Å². The van der Waals surface area contributed by atoms with Crippen molar-refractivity contribution in [3.8, 4) is 0 Å². The Kier molecular flexibility index (Phi) is 4.40. The van der Waals surface area contributed by atoms with Crippen LogP contribution in [-0.2, 0) is 0 Å². The van der Waals surface area contributed by atoms with Gasteiger partial charge in [0.1, 0.15) is 5.02 Å². The fourth-order valence-electron chi connectivity index (χ4n) is 1.69. The molecular formula is C13H9Cl2N3O3. The van der Waals surface area contributed by atoms with Crippen LogP contribution in [0.2, 0.25) is 10.0 Å². The molecule has 0 unspecified atom stereocenters. The normalized spacial score (nSPS) is 10.2. The molecule has 1 N–H and O–H groups in total. The maximum Gasteiger partial charge on any atom is 0.288 e. The zero-order valence-corrected chi connectivity index (χ0v) is 12.3. The molecule has 0 saturated carbocycles. The molecule has 8 heteroatoms. The lowest BCUT2D eigenvalue weighted by molar-refractivity contribution is -0.384. The van der Waals surface area contributed by atoms with Crippen LogP contribution in [0.25, 0.3) is 0 Å². The maximum atomic E-state index is 12.1. The SMILES string of the molecule is Cc1cc([N+](=O)[O-])c(Cl)cc1NC(=O)c1ccncc1Cl. The Hall–Kier alpha value is -2.18. The predicted molar refractivity (Wildman–Crippen MR) is 80.0 cm³/mol. The number of carbonyl (C=O) groups is 1. The number of amides is 1. The molecular weight excluding hydrogens is 317 g/mol. The van der Waals surface area contributed by atoms with Crippen molar-refractivity contribution in [2.24, 2.45) is 0 Å². The third kappa shape index (κ3) is 3.29. The average molecular weight is 326 g/mol. The molecule has 0 bridgehead atoms. The summed E-state index contributed by atoms with van der Waals surface area (Å²) in [6, 6.07) is 4.11. The molecule has 0 aliphatic carbocycles. The smallest absolute Gasteiger partial charge is 0.288 e. The van der Waals surface area contributed by atoms with Crippen molar-refractivity contribution in [1.29, 1.82) is 0 Å². The Bertz CT molecular complexity index is 735. The third-order valence-corrected chi connectivity index (χ3v) is 3.36.